The van der Waals surface area contributed by atoms with Gasteiger partial charge in [0.25, 0.3) is 0 Å². The molecule has 4 aliphatic rings. The predicted octanol–water partition coefficient (Wildman–Crippen LogP) is 5.75. The molecule has 0 radical (unpaired) electrons. The molecule has 6 unspecified atom stereocenters. The Kier molecular flexibility index (Phi) is 14.1. The fraction of sp³-hybridized carbons (Fsp3) is 0.489. The largest absolute Gasteiger partial charge is 0.453 e. The molecule has 15 nitrogen and oxygen atoms in total. The summed E-state index contributed by atoms with van der Waals surface area (Å²) in [5.41, 5.74) is 4.85. The summed E-state index contributed by atoms with van der Waals surface area (Å²) in [6.07, 6.45) is 6.40. The third-order valence-electron chi connectivity index (χ3n) is 12.3. The third-order valence-corrected chi connectivity index (χ3v) is 12.3. The van der Waals surface area contributed by atoms with E-state index in [1.807, 2.05) is 59.5 Å². The smallest absolute Gasteiger partial charge is 0.407 e. The van der Waals surface area contributed by atoms with Crippen LogP contribution >= 0.6 is 0 Å². The molecule has 4 heterocycles. The van der Waals surface area contributed by atoms with Gasteiger partial charge in [0.1, 0.15) is 24.9 Å². The van der Waals surface area contributed by atoms with Gasteiger partial charge in [0.2, 0.25) is 17.7 Å². The van der Waals surface area contributed by atoms with Gasteiger partial charge in [0.05, 0.1) is 26.9 Å². The number of fused-ring (bicyclic) bond motifs is 2. The maximum atomic E-state index is 13.6. The third kappa shape index (κ3) is 10.3. The van der Waals surface area contributed by atoms with Crippen molar-refractivity contribution in [3.05, 3.63) is 90.0 Å². The van der Waals surface area contributed by atoms with Gasteiger partial charge in [-0.25, -0.2) is 9.59 Å². The quantitative estimate of drug-likeness (QED) is 0.116. The molecule has 6 atom stereocenters. The summed E-state index contributed by atoms with van der Waals surface area (Å²) in [7, 11) is 2.57. The van der Waals surface area contributed by atoms with Crippen molar-refractivity contribution in [1.82, 2.24) is 20.4 Å². The molecule has 4 fully saturated rings. The highest BCUT2D eigenvalue weighted by Crippen LogP contribution is 2.34. The first-order chi connectivity index (χ1) is 29.2. The Morgan fingerprint density at radius 1 is 0.650 bits per heavy atom. The Labute approximate surface area is 351 Å². The Bertz CT molecular complexity index is 1950. The highest BCUT2D eigenvalue weighted by molar-refractivity contribution is 5.99. The molecular weight excluding hydrogens is 767 g/mol. The predicted molar refractivity (Wildman–Crippen MR) is 226 cm³/mol. The van der Waals surface area contributed by atoms with Crippen molar-refractivity contribution in [3.8, 4) is 0 Å². The highest BCUT2D eigenvalue weighted by Gasteiger charge is 2.45. The van der Waals surface area contributed by atoms with E-state index in [1.165, 1.54) is 14.2 Å². The van der Waals surface area contributed by atoms with Crippen LogP contribution in [0, 0.1) is 0 Å². The van der Waals surface area contributed by atoms with Crippen molar-refractivity contribution in [2.45, 2.75) is 114 Å². The standard InChI is InChI=1S/C45H57N7O8/c1-58-44(56)48-38-12-6-10-35-22-23-37(51(35)42(38)54)28-60-29-46-32-18-14-30(15-19-32)26-50(34-8-4-3-5-9-34)27-31-16-20-33(21-17-31)47-41(53)40-25-24-36-11-7-13-39(43(55)52(36)40)49-45(57)59-2/h3-5,8-9,14-21,35-40,46H,6-7,10-13,22-29H2,1-2H3,(H,47,53)(H,48,56)(H,49,57). The minimum atomic E-state index is -0.707. The van der Waals surface area contributed by atoms with Crippen molar-refractivity contribution in [2.75, 3.05) is 43.1 Å². The molecular formula is C45H57N7O8. The van der Waals surface area contributed by atoms with Crippen LogP contribution in [0.25, 0.3) is 0 Å². The van der Waals surface area contributed by atoms with E-state index in [2.05, 4.69) is 50.4 Å². The number of nitrogens with zero attached hydrogens (tertiary/aromatic N) is 3. The van der Waals surface area contributed by atoms with Crippen molar-refractivity contribution in [1.29, 1.82) is 0 Å². The first-order valence-corrected chi connectivity index (χ1v) is 21.1. The van der Waals surface area contributed by atoms with E-state index < -0.39 is 30.3 Å². The number of hydrogen-bond acceptors (Lipinski definition) is 10. The second kappa shape index (κ2) is 19.9. The lowest BCUT2D eigenvalue weighted by atomic mass is 10.1. The molecule has 15 heteroatoms. The molecule has 4 aliphatic heterocycles. The lowest BCUT2D eigenvalue weighted by molar-refractivity contribution is -0.139. The van der Waals surface area contributed by atoms with Crippen molar-refractivity contribution >= 4 is 47.0 Å². The zero-order valence-electron chi connectivity index (χ0n) is 34.5. The lowest BCUT2D eigenvalue weighted by Crippen LogP contribution is -2.53. The number of carbonyl (C=O) groups excluding carboxylic acids is 5. The van der Waals surface area contributed by atoms with Gasteiger partial charge < -0.3 is 50.2 Å². The number of para-hydroxylation sites is 1. The molecule has 0 aromatic heterocycles. The lowest BCUT2D eigenvalue weighted by Gasteiger charge is -2.31. The molecule has 0 bridgehead atoms. The van der Waals surface area contributed by atoms with Crippen LogP contribution in [0.4, 0.5) is 26.7 Å². The maximum Gasteiger partial charge on any atom is 0.407 e. The second-order valence-corrected chi connectivity index (χ2v) is 16.1. The van der Waals surface area contributed by atoms with Gasteiger partial charge in [-0.05, 0) is 112 Å². The van der Waals surface area contributed by atoms with Gasteiger partial charge in [-0.15, -0.1) is 0 Å². The molecule has 0 aliphatic carbocycles. The summed E-state index contributed by atoms with van der Waals surface area (Å²) in [4.78, 5) is 70.1. The number of methoxy groups -OCH3 is 2. The summed E-state index contributed by atoms with van der Waals surface area (Å²) >= 11 is 0. The Morgan fingerprint density at radius 3 is 1.80 bits per heavy atom. The number of benzene rings is 3. The van der Waals surface area contributed by atoms with Crippen LogP contribution < -0.4 is 26.2 Å². The van der Waals surface area contributed by atoms with Gasteiger partial charge >= 0.3 is 12.2 Å². The van der Waals surface area contributed by atoms with E-state index in [-0.39, 0.29) is 35.8 Å². The van der Waals surface area contributed by atoms with E-state index >= 15 is 0 Å². The van der Waals surface area contributed by atoms with E-state index in [0.29, 0.717) is 51.4 Å². The SMILES string of the molecule is COC(=O)NC1CCCC2CCC(COCNc3ccc(CN(Cc4ccc(NC(=O)C5CCC6CCCC(NC(=O)OC)C(=O)N65)cc4)c4ccccc4)cc3)N2C1=O. The van der Waals surface area contributed by atoms with Crippen LogP contribution in [0.5, 0.6) is 0 Å². The summed E-state index contributed by atoms with van der Waals surface area (Å²) in [5.74, 6) is -0.515. The number of anilines is 3. The number of rotatable bonds is 14. The number of carbonyl (C=O) groups is 5. The minimum Gasteiger partial charge on any atom is -0.453 e. The maximum absolute atomic E-state index is 13.6. The molecule has 3 aromatic carbocycles. The van der Waals surface area contributed by atoms with Gasteiger partial charge in [-0.1, -0.05) is 42.5 Å². The number of hydrogen-bond donors (Lipinski definition) is 4. The molecule has 60 heavy (non-hydrogen) atoms. The number of amides is 5. The van der Waals surface area contributed by atoms with Gasteiger partial charge in [0.15, 0.2) is 0 Å². The van der Waals surface area contributed by atoms with E-state index in [1.54, 1.807) is 4.90 Å². The summed E-state index contributed by atoms with van der Waals surface area (Å²) in [6.45, 7) is 2.01. The molecule has 4 N–H and O–H groups in total. The Balaban J connectivity index is 0.910. The summed E-state index contributed by atoms with van der Waals surface area (Å²) in [5, 5.41) is 11.7. The molecule has 7 rings (SSSR count). The molecule has 3 aromatic rings. The highest BCUT2D eigenvalue weighted by atomic mass is 16.5. The van der Waals surface area contributed by atoms with Crippen LogP contribution in [0.15, 0.2) is 78.9 Å². The molecule has 5 amide bonds. The van der Waals surface area contributed by atoms with E-state index in [4.69, 9.17) is 14.2 Å². The Morgan fingerprint density at radius 2 is 1.20 bits per heavy atom. The molecule has 0 saturated carbocycles. The number of nitrogens with one attached hydrogen (secondary N) is 4. The summed E-state index contributed by atoms with van der Waals surface area (Å²) in [6, 6.07) is 24.5. The fourth-order valence-corrected chi connectivity index (χ4v) is 9.21. The molecule has 4 saturated heterocycles. The van der Waals surface area contributed by atoms with Crippen LogP contribution in [0.1, 0.15) is 75.3 Å². The van der Waals surface area contributed by atoms with Crippen LogP contribution in [-0.4, -0.2) is 104 Å². The van der Waals surface area contributed by atoms with E-state index in [9.17, 15) is 24.0 Å². The number of ether oxygens (including phenoxy) is 3. The van der Waals surface area contributed by atoms with Gasteiger partial charge in [-0.3, -0.25) is 14.4 Å². The molecule has 320 valence electrons. The fourth-order valence-electron chi connectivity index (χ4n) is 9.21. The zero-order valence-corrected chi connectivity index (χ0v) is 34.5. The number of alkyl carbamates (subject to hydrolysis) is 2. The monoisotopic (exact) mass is 823 g/mol. The summed E-state index contributed by atoms with van der Waals surface area (Å²) < 4.78 is 15.5. The molecule has 0 spiro atoms. The van der Waals surface area contributed by atoms with E-state index in [0.717, 1.165) is 67.4 Å². The van der Waals surface area contributed by atoms with Crippen molar-refractivity contribution in [2.24, 2.45) is 0 Å². The average molecular weight is 824 g/mol. The van der Waals surface area contributed by atoms with Crippen molar-refractivity contribution < 1.29 is 38.2 Å². The second-order valence-electron chi connectivity index (χ2n) is 16.1. The Hall–Kier alpha value is -5.83. The van der Waals surface area contributed by atoms with Gasteiger partial charge in [-0.2, -0.15) is 0 Å². The topological polar surface area (TPSA) is 171 Å². The van der Waals surface area contributed by atoms with Crippen molar-refractivity contribution in [3.63, 3.8) is 0 Å². The van der Waals surface area contributed by atoms with Crippen LogP contribution in [-0.2, 0) is 41.7 Å². The van der Waals surface area contributed by atoms with Crippen LogP contribution in [0.3, 0.4) is 0 Å². The van der Waals surface area contributed by atoms with Crippen LogP contribution in [0.2, 0.25) is 0 Å². The minimum absolute atomic E-state index is 0.0197. The zero-order chi connectivity index (χ0) is 42.0. The normalized spacial score (nSPS) is 23.7. The first-order valence-electron chi connectivity index (χ1n) is 21.1. The van der Waals surface area contributed by atoms with Gasteiger partial charge in [0, 0.05) is 42.2 Å². The average Bonchev–Trinajstić information content (AvgIpc) is 3.80. The first kappa shape index (κ1) is 42.3.